The van der Waals surface area contributed by atoms with Crippen LogP contribution in [0.1, 0.15) is 35.0 Å². The number of thiophene rings is 1. The molecule has 0 bridgehead atoms. The van der Waals surface area contributed by atoms with Crippen molar-refractivity contribution in [2.75, 3.05) is 0 Å². The molecule has 0 saturated carbocycles. The summed E-state index contributed by atoms with van der Waals surface area (Å²) in [4.78, 5) is 6.98. The maximum Gasteiger partial charge on any atom is 0.225 e. The van der Waals surface area contributed by atoms with E-state index in [0.717, 1.165) is 21.7 Å². The van der Waals surface area contributed by atoms with Crippen LogP contribution in [0.15, 0.2) is 41.9 Å². The zero-order valence-corrected chi connectivity index (χ0v) is 17.0. The minimum Gasteiger partial charge on any atom is -0.390 e. The topological polar surface area (TPSA) is 71.8 Å². The van der Waals surface area contributed by atoms with Gasteiger partial charge in [-0.05, 0) is 35.6 Å². The molecule has 0 aliphatic carbocycles. The summed E-state index contributed by atoms with van der Waals surface area (Å²) in [5.74, 6) is -1.28. The van der Waals surface area contributed by atoms with Crippen LogP contribution in [-0.4, -0.2) is 33.5 Å². The van der Waals surface area contributed by atoms with Crippen LogP contribution in [0.4, 0.5) is 0 Å². The van der Waals surface area contributed by atoms with E-state index in [4.69, 9.17) is 9.47 Å². The number of benzene rings is 1. The van der Waals surface area contributed by atoms with Gasteiger partial charge in [0.15, 0.2) is 0 Å². The molecule has 2 aromatic heterocycles. The van der Waals surface area contributed by atoms with E-state index in [0.29, 0.717) is 19.4 Å². The molecule has 5 rings (SSSR count). The molecule has 1 fully saturated rings. The van der Waals surface area contributed by atoms with Gasteiger partial charge in [0, 0.05) is 29.5 Å². The van der Waals surface area contributed by atoms with Crippen molar-refractivity contribution in [3.8, 4) is 9.75 Å². The molecule has 4 heterocycles. The molecule has 4 atom stereocenters. The zero-order chi connectivity index (χ0) is 19.3. The molecule has 0 amide bonds. The number of ether oxygens (including phenoxy) is 2. The van der Waals surface area contributed by atoms with Crippen LogP contribution >= 0.6 is 22.7 Å². The van der Waals surface area contributed by atoms with E-state index in [9.17, 15) is 10.2 Å². The fourth-order valence-electron chi connectivity index (χ4n) is 4.03. The zero-order valence-electron chi connectivity index (χ0n) is 15.4. The third-order valence-corrected chi connectivity index (χ3v) is 7.43. The Morgan fingerprint density at radius 2 is 2.14 bits per heavy atom. The molecule has 2 aliphatic heterocycles. The van der Waals surface area contributed by atoms with Crippen LogP contribution in [0.25, 0.3) is 9.75 Å². The first-order valence-corrected chi connectivity index (χ1v) is 11.0. The number of nitrogens with zero attached hydrogens (tertiary/aromatic N) is 1. The second kappa shape index (κ2) is 7.02. The molecule has 28 heavy (non-hydrogen) atoms. The lowest BCUT2D eigenvalue weighted by atomic mass is 9.88. The minimum atomic E-state index is -1.28. The van der Waals surface area contributed by atoms with Gasteiger partial charge in [-0.3, -0.25) is 0 Å². The fraction of sp³-hybridized carbons (Fsp3) is 0.381. The largest absolute Gasteiger partial charge is 0.390 e. The number of hydrogen-bond acceptors (Lipinski definition) is 7. The van der Waals surface area contributed by atoms with Gasteiger partial charge in [0.25, 0.3) is 0 Å². The van der Waals surface area contributed by atoms with Crippen LogP contribution in [0.2, 0.25) is 0 Å². The van der Waals surface area contributed by atoms with Crippen LogP contribution < -0.4 is 0 Å². The van der Waals surface area contributed by atoms with E-state index >= 15 is 0 Å². The summed E-state index contributed by atoms with van der Waals surface area (Å²) in [6.07, 6.45) is 0.853. The van der Waals surface area contributed by atoms with E-state index < -0.39 is 18.0 Å². The number of hydrogen-bond donors (Lipinski definition) is 2. The van der Waals surface area contributed by atoms with Crippen molar-refractivity contribution in [3.05, 3.63) is 63.6 Å². The maximum absolute atomic E-state index is 10.7. The Labute approximate surface area is 171 Å². The minimum absolute atomic E-state index is 0.194. The first-order valence-electron chi connectivity index (χ1n) is 9.34. The third-order valence-electron chi connectivity index (χ3n) is 5.37. The number of fused-ring (bicyclic) bond motifs is 2. The van der Waals surface area contributed by atoms with Gasteiger partial charge in [-0.1, -0.05) is 18.2 Å². The number of aromatic nitrogens is 1. The van der Waals surface area contributed by atoms with Crippen LogP contribution in [0.3, 0.4) is 0 Å². The number of thiazole rings is 1. The van der Waals surface area contributed by atoms with Crippen molar-refractivity contribution < 1.29 is 19.7 Å². The molecule has 3 aromatic rings. The van der Waals surface area contributed by atoms with E-state index in [2.05, 4.69) is 22.5 Å². The number of aliphatic hydroxyl groups is 2. The van der Waals surface area contributed by atoms with E-state index in [1.54, 1.807) is 22.7 Å². The first-order chi connectivity index (χ1) is 13.5. The summed E-state index contributed by atoms with van der Waals surface area (Å²) < 4.78 is 12.0. The Morgan fingerprint density at radius 1 is 1.25 bits per heavy atom. The standard InChI is InChI=1S/C21H21NO4S2/c1-12-7-16(23)20(24)21(26-12)15-8-13(4-5-14(15)11-25-21)9-19-22-10-18(28-19)17-3-2-6-27-17/h2-6,8,10,12,16,20,23-24H,7,9,11H2,1H3/t12-,16+,20-,21+/m1/s1. The summed E-state index contributed by atoms with van der Waals surface area (Å²) in [6.45, 7) is 2.26. The molecule has 2 aliphatic rings. The van der Waals surface area contributed by atoms with E-state index in [1.807, 2.05) is 31.3 Å². The highest BCUT2D eigenvalue weighted by molar-refractivity contribution is 7.21. The SMILES string of the molecule is C[C@@H]1C[C@H](O)[C@@H](O)[C@@]2(OCc3ccc(Cc4ncc(-c5cccs5)s4)cc32)O1. The molecule has 0 radical (unpaired) electrons. The van der Waals surface area contributed by atoms with E-state index in [1.165, 1.54) is 9.75 Å². The normalized spacial score (nSPS) is 29.3. The highest BCUT2D eigenvalue weighted by Crippen LogP contribution is 2.46. The first kappa shape index (κ1) is 18.4. The highest BCUT2D eigenvalue weighted by atomic mass is 32.1. The van der Waals surface area contributed by atoms with Crippen molar-refractivity contribution >= 4 is 22.7 Å². The fourth-order valence-corrected chi connectivity index (χ4v) is 5.80. The molecular weight excluding hydrogens is 394 g/mol. The smallest absolute Gasteiger partial charge is 0.225 e. The Bertz CT molecular complexity index is 986. The Kier molecular flexibility index (Phi) is 4.62. The highest BCUT2D eigenvalue weighted by Gasteiger charge is 2.54. The van der Waals surface area contributed by atoms with Crippen molar-refractivity contribution in [1.82, 2.24) is 4.98 Å². The van der Waals surface area contributed by atoms with Crippen LogP contribution in [0, 0.1) is 0 Å². The van der Waals surface area contributed by atoms with Crippen molar-refractivity contribution in [1.29, 1.82) is 0 Å². The molecular formula is C21H21NO4S2. The second-order valence-corrected chi connectivity index (χ2v) is 9.46. The molecule has 7 heteroatoms. The second-order valence-electron chi connectivity index (χ2n) is 7.40. The number of aliphatic hydroxyl groups excluding tert-OH is 2. The van der Waals surface area contributed by atoms with Crippen LogP contribution in [0.5, 0.6) is 0 Å². The molecule has 0 unspecified atom stereocenters. The van der Waals surface area contributed by atoms with Gasteiger partial charge >= 0.3 is 0 Å². The lowest BCUT2D eigenvalue weighted by Crippen LogP contribution is -2.55. The van der Waals surface area contributed by atoms with Crippen molar-refractivity contribution in [3.63, 3.8) is 0 Å². The van der Waals surface area contributed by atoms with Crippen molar-refractivity contribution in [2.24, 2.45) is 0 Å². The maximum atomic E-state index is 10.7. The molecule has 2 N–H and O–H groups in total. The third kappa shape index (κ3) is 3.03. The lowest BCUT2D eigenvalue weighted by molar-refractivity contribution is -0.342. The quantitative estimate of drug-likeness (QED) is 0.683. The van der Waals surface area contributed by atoms with Gasteiger partial charge in [-0.25, -0.2) is 4.98 Å². The average Bonchev–Trinajstić information content (AvgIpc) is 3.41. The summed E-state index contributed by atoms with van der Waals surface area (Å²) in [5, 5.41) is 24.1. The monoisotopic (exact) mass is 415 g/mol. The Morgan fingerprint density at radius 3 is 2.96 bits per heavy atom. The summed E-state index contributed by atoms with van der Waals surface area (Å²) in [6, 6.07) is 10.3. The molecule has 1 saturated heterocycles. The molecule has 5 nitrogen and oxygen atoms in total. The van der Waals surface area contributed by atoms with E-state index in [-0.39, 0.29) is 6.10 Å². The van der Waals surface area contributed by atoms with Gasteiger partial charge in [0.1, 0.15) is 6.10 Å². The average molecular weight is 416 g/mol. The van der Waals surface area contributed by atoms with Gasteiger partial charge in [-0.2, -0.15) is 0 Å². The molecule has 146 valence electrons. The van der Waals surface area contributed by atoms with Gasteiger partial charge in [-0.15, -0.1) is 22.7 Å². The lowest BCUT2D eigenvalue weighted by Gasteiger charge is -2.43. The summed E-state index contributed by atoms with van der Waals surface area (Å²) >= 11 is 3.41. The van der Waals surface area contributed by atoms with Gasteiger partial charge in [0.2, 0.25) is 5.79 Å². The van der Waals surface area contributed by atoms with Gasteiger partial charge < -0.3 is 19.7 Å². The Hall–Kier alpha value is -1.61. The Balaban J connectivity index is 1.45. The predicted octanol–water partition coefficient (Wildman–Crippen LogP) is 3.68. The summed E-state index contributed by atoms with van der Waals surface area (Å²) in [7, 11) is 0. The van der Waals surface area contributed by atoms with Gasteiger partial charge in [0.05, 0.1) is 28.7 Å². The molecule has 1 aromatic carbocycles. The summed E-state index contributed by atoms with van der Waals surface area (Å²) in [5.41, 5.74) is 2.89. The predicted molar refractivity (Wildman–Crippen MR) is 108 cm³/mol. The number of rotatable bonds is 3. The van der Waals surface area contributed by atoms with Crippen LogP contribution in [-0.2, 0) is 28.3 Å². The van der Waals surface area contributed by atoms with Crippen molar-refractivity contribution in [2.45, 2.75) is 50.5 Å². The molecule has 1 spiro atoms.